The quantitative estimate of drug-likeness (QED) is 0.154. The van der Waals surface area contributed by atoms with Crippen molar-refractivity contribution in [2.24, 2.45) is 0 Å². The van der Waals surface area contributed by atoms with E-state index in [1.54, 1.807) is 0 Å². The molecule has 346 valence electrons. The Labute approximate surface area is 417 Å². The Balaban J connectivity index is 0.000000250. The van der Waals surface area contributed by atoms with Crippen LogP contribution >= 0.6 is 0 Å². The number of anilines is 3. The lowest BCUT2D eigenvalue weighted by Gasteiger charge is -2.34. The highest BCUT2D eigenvalue weighted by Gasteiger charge is 2.39. The first-order chi connectivity index (χ1) is 34.2. The van der Waals surface area contributed by atoms with Gasteiger partial charge >= 0.3 is 0 Å². The van der Waals surface area contributed by atoms with E-state index in [4.69, 9.17) is 0 Å². The highest BCUT2D eigenvalue weighted by molar-refractivity contribution is 5.96. The molecule has 70 heavy (non-hydrogen) atoms. The summed E-state index contributed by atoms with van der Waals surface area (Å²) in [5.41, 5.74) is 26.5. The average Bonchev–Trinajstić information content (AvgIpc) is 3.62. The summed E-state index contributed by atoms with van der Waals surface area (Å²) in [7, 11) is 0. The molecule has 1 heteroatoms. The Hall–Kier alpha value is -7.48. The summed E-state index contributed by atoms with van der Waals surface area (Å²) in [5, 5.41) is 2.68. The summed E-state index contributed by atoms with van der Waals surface area (Å²) in [6, 6.07) is 67.3. The lowest BCUT2D eigenvalue weighted by molar-refractivity contribution is 0.659. The van der Waals surface area contributed by atoms with Crippen molar-refractivity contribution in [2.45, 2.75) is 85.5 Å². The van der Waals surface area contributed by atoms with Crippen LogP contribution in [0.1, 0.15) is 108 Å². The van der Waals surface area contributed by atoms with Gasteiger partial charge in [-0.2, -0.15) is 0 Å². The van der Waals surface area contributed by atoms with Gasteiger partial charge in [0, 0.05) is 16.8 Å². The summed E-state index contributed by atoms with van der Waals surface area (Å²) >= 11 is 0. The molecule has 1 unspecified atom stereocenters. The van der Waals surface area contributed by atoms with Crippen molar-refractivity contribution in [1.29, 1.82) is 0 Å². The van der Waals surface area contributed by atoms with E-state index < -0.39 is 0 Å². The van der Waals surface area contributed by atoms with Crippen LogP contribution in [0.5, 0.6) is 0 Å². The molecule has 1 atom stereocenters. The maximum Gasteiger partial charge on any atom is 0.0503 e. The molecular formula is C69H65N. The maximum absolute atomic E-state index is 4.23. The third kappa shape index (κ3) is 8.43. The molecule has 9 aromatic carbocycles. The highest BCUT2D eigenvalue weighted by Crippen LogP contribution is 2.56. The highest BCUT2D eigenvalue weighted by atomic mass is 15.1. The van der Waals surface area contributed by atoms with Crippen LogP contribution in [0.3, 0.4) is 0 Å². The Morgan fingerprint density at radius 3 is 2.13 bits per heavy atom. The average molecular weight is 908 g/mol. The summed E-state index contributed by atoms with van der Waals surface area (Å²) in [4.78, 5) is 2.57. The molecule has 0 heterocycles. The van der Waals surface area contributed by atoms with Crippen LogP contribution < -0.4 is 4.90 Å². The second-order valence-corrected chi connectivity index (χ2v) is 19.8. The Bertz CT molecular complexity index is 3430. The number of fused-ring (bicyclic) bond motifs is 9. The minimum Gasteiger partial charge on any atom is -0.310 e. The predicted octanol–water partition coefficient (Wildman–Crippen LogP) is 19.1. The van der Waals surface area contributed by atoms with E-state index >= 15 is 0 Å². The zero-order valence-electron chi connectivity index (χ0n) is 42.1. The van der Waals surface area contributed by atoms with Crippen LogP contribution in [0.15, 0.2) is 195 Å². The summed E-state index contributed by atoms with van der Waals surface area (Å²) in [6.07, 6.45) is 10.9. The van der Waals surface area contributed by atoms with E-state index in [9.17, 15) is 0 Å². The van der Waals surface area contributed by atoms with Gasteiger partial charge in [-0.05, 0) is 176 Å². The number of benzene rings is 9. The Morgan fingerprint density at radius 1 is 0.629 bits per heavy atom. The van der Waals surface area contributed by atoms with Crippen LogP contribution in [0.2, 0.25) is 0 Å². The van der Waals surface area contributed by atoms with Gasteiger partial charge in [-0.3, -0.25) is 0 Å². The van der Waals surface area contributed by atoms with Gasteiger partial charge in [0.25, 0.3) is 0 Å². The molecule has 0 spiro atoms. The van der Waals surface area contributed by atoms with Crippen LogP contribution in [0, 0.1) is 13.8 Å². The van der Waals surface area contributed by atoms with Gasteiger partial charge in [0.05, 0.1) is 5.69 Å². The van der Waals surface area contributed by atoms with Crippen molar-refractivity contribution in [3.63, 3.8) is 0 Å². The van der Waals surface area contributed by atoms with Crippen molar-refractivity contribution >= 4 is 40.0 Å². The molecule has 1 nitrogen and oxygen atoms in total. The van der Waals surface area contributed by atoms with Gasteiger partial charge in [-0.15, -0.1) is 0 Å². The van der Waals surface area contributed by atoms with E-state index in [0.29, 0.717) is 5.92 Å². The molecule has 12 rings (SSSR count). The van der Waals surface area contributed by atoms with Crippen LogP contribution in [-0.4, -0.2) is 0 Å². The predicted molar refractivity (Wildman–Crippen MR) is 303 cm³/mol. The fourth-order valence-electron chi connectivity index (χ4n) is 11.5. The molecule has 0 bridgehead atoms. The van der Waals surface area contributed by atoms with Crippen LogP contribution in [0.4, 0.5) is 17.1 Å². The molecule has 0 aromatic heterocycles. The summed E-state index contributed by atoms with van der Waals surface area (Å²) in [6.45, 7) is 19.9. The van der Waals surface area contributed by atoms with Gasteiger partial charge in [0.1, 0.15) is 0 Å². The second-order valence-electron chi connectivity index (χ2n) is 19.8. The normalized spacial score (nSPS) is 14.4. The van der Waals surface area contributed by atoms with Crippen molar-refractivity contribution in [3.8, 4) is 33.4 Å². The summed E-state index contributed by atoms with van der Waals surface area (Å²) in [5.74, 6) is 0.470. The number of allylic oxidation sites excluding steroid dienone is 1. The fourth-order valence-corrected chi connectivity index (χ4v) is 11.5. The van der Waals surface area contributed by atoms with Crippen molar-refractivity contribution < 1.29 is 0 Å². The first kappa shape index (κ1) is 46.3. The summed E-state index contributed by atoms with van der Waals surface area (Å²) < 4.78 is 0. The van der Waals surface area contributed by atoms with Crippen molar-refractivity contribution in [3.05, 3.63) is 256 Å². The molecule has 0 amide bonds. The molecule has 0 radical (unpaired) electrons. The standard InChI is InChI=1S/C50H45N.C17H14.C2H6/c1-7-34-21-22-36(28-44(34)38-16-10-8-14-32(38)3)51(37-23-25-39-33(4)27-35-15-9-11-17-40(35)45(39)29-37)48-30-47-49(42-19-13-12-18-41(42)48)43-24-20-31(2)26-46(43)50(47,5)6;1-2-7-14(8-3-1)13-16-11-6-10-15-9-4-5-12-17(15)16;1-2/h7-11,13-17,19-26,28-30,33H,1,12,18,27H2,2-6H3;1-12H,13H2;1-2H3. The lowest BCUT2D eigenvalue weighted by Crippen LogP contribution is -2.19. The van der Waals surface area contributed by atoms with Gasteiger partial charge in [0.2, 0.25) is 0 Å². The Morgan fingerprint density at radius 2 is 1.33 bits per heavy atom. The zero-order valence-corrected chi connectivity index (χ0v) is 42.1. The van der Waals surface area contributed by atoms with Crippen molar-refractivity contribution in [1.82, 2.24) is 0 Å². The van der Waals surface area contributed by atoms with E-state index in [1.165, 1.54) is 111 Å². The SMILES string of the molecule is C=Cc1ccc(N(c2ccc3c(c2)-c2ccccc2CC3C)c2cc3c(c4c2CCC=C4)-c2ccc(C)cc2C3(C)C)cc1-c1ccccc1C.CC.c1ccc(Cc2cccc3ccccc23)cc1. The zero-order chi connectivity index (χ0) is 48.5. The van der Waals surface area contributed by atoms with Crippen LogP contribution in [-0.2, 0) is 24.7 Å². The number of nitrogens with zero attached hydrogens (tertiary/aromatic N) is 1. The van der Waals surface area contributed by atoms with E-state index in [-0.39, 0.29) is 5.41 Å². The first-order valence-corrected chi connectivity index (χ1v) is 25.5. The van der Waals surface area contributed by atoms with Crippen LogP contribution in [0.25, 0.3) is 56.3 Å². The Kier molecular flexibility index (Phi) is 12.9. The first-order valence-electron chi connectivity index (χ1n) is 25.5. The molecule has 0 saturated heterocycles. The molecule has 0 saturated carbocycles. The number of hydrogen-bond acceptors (Lipinski definition) is 1. The van der Waals surface area contributed by atoms with E-state index in [2.05, 4.69) is 240 Å². The smallest absolute Gasteiger partial charge is 0.0503 e. The van der Waals surface area contributed by atoms with E-state index in [1.807, 2.05) is 19.9 Å². The monoisotopic (exact) mass is 908 g/mol. The van der Waals surface area contributed by atoms with Gasteiger partial charge in [-0.25, -0.2) is 0 Å². The molecule has 9 aromatic rings. The number of rotatable bonds is 7. The minimum absolute atomic E-state index is 0.124. The number of aryl methyl sites for hydroxylation is 2. The maximum atomic E-state index is 4.23. The lowest BCUT2D eigenvalue weighted by atomic mass is 9.79. The number of hydrogen-bond donors (Lipinski definition) is 0. The van der Waals surface area contributed by atoms with Gasteiger partial charge < -0.3 is 4.90 Å². The van der Waals surface area contributed by atoms with E-state index in [0.717, 1.165) is 36.9 Å². The third-order valence-electron chi connectivity index (χ3n) is 15.1. The largest absolute Gasteiger partial charge is 0.310 e. The minimum atomic E-state index is -0.124. The van der Waals surface area contributed by atoms with Crippen molar-refractivity contribution in [2.75, 3.05) is 4.90 Å². The molecule has 3 aliphatic rings. The molecule has 3 aliphatic carbocycles. The topological polar surface area (TPSA) is 3.24 Å². The fraction of sp³-hybridized carbons (Fsp3) is 0.188. The third-order valence-corrected chi connectivity index (χ3v) is 15.1. The molecule has 0 N–H and O–H groups in total. The molecular weight excluding hydrogens is 843 g/mol. The molecule has 0 fully saturated rings. The van der Waals surface area contributed by atoms with Gasteiger partial charge in [-0.1, -0.05) is 217 Å². The second kappa shape index (κ2) is 19.5. The molecule has 0 aliphatic heterocycles. The van der Waals surface area contributed by atoms with Gasteiger partial charge in [0.15, 0.2) is 0 Å².